The summed E-state index contributed by atoms with van der Waals surface area (Å²) in [6.45, 7) is 1.87. The van der Waals surface area contributed by atoms with Crippen molar-refractivity contribution in [2.45, 2.75) is 19.3 Å². The number of carbonyl (C=O) groups is 2. The molecule has 2 aliphatic heterocycles. The summed E-state index contributed by atoms with van der Waals surface area (Å²) in [7, 11) is 0. The SMILES string of the molecule is CC(=O)c1ccc(OCC2CN(C(=O)c3cccc4c3OC(F)(F)O4)CCO2)cc1F. The Morgan fingerprint density at radius 1 is 1.19 bits per heavy atom. The molecule has 0 N–H and O–H groups in total. The van der Waals surface area contributed by atoms with Crippen molar-refractivity contribution in [3.63, 3.8) is 0 Å². The molecule has 7 nitrogen and oxygen atoms in total. The van der Waals surface area contributed by atoms with Gasteiger partial charge < -0.3 is 23.8 Å². The monoisotopic (exact) mass is 437 g/mol. The molecule has 1 amide bonds. The van der Waals surface area contributed by atoms with Gasteiger partial charge in [0.1, 0.15) is 24.3 Å². The van der Waals surface area contributed by atoms with Gasteiger partial charge in [-0.1, -0.05) is 6.07 Å². The van der Waals surface area contributed by atoms with Crippen LogP contribution < -0.4 is 14.2 Å². The first-order valence-corrected chi connectivity index (χ1v) is 9.46. The molecule has 10 heteroatoms. The molecule has 0 bridgehead atoms. The van der Waals surface area contributed by atoms with Crippen LogP contribution in [0, 0.1) is 5.82 Å². The van der Waals surface area contributed by atoms with Gasteiger partial charge in [0, 0.05) is 12.6 Å². The van der Waals surface area contributed by atoms with E-state index in [2.05, 4.69) is 9.47 Å². The quantitative estimate of drug-likeness (QED) is 0.669. The molecule has 2 aliphatic rings. The van der Waals surface area contributed by atoms with Crippen molar-refractivity contribution in [1.29, 1.82) is 0 Å². The predicted molar refractivity (Wildman–Crippen MR) is 100 cm³/mol. The summed E-state index contributed by atoms with van der Waals surface area (Å²) in [6.07, 6.45) is -4.35. The van der Waals surface area contributed by atoms with Gasteiger partial charge in [0.25, 0.3) is 5.91 Å². The summed E-state index contributed by atoms with van der Waals surface area (Å²) in [5.41, 5.74) is -0.0802. The zero-order valence-electron chi connectivity index (χ0n) is 16.4. The van der Waals surface area contributed by atoms with Crippen molar-refractivity contribution >= 4 is 11.7 Å². The third-order valence-electron chi connectivity index (χ3n) is 4.84. The van der Waals surface area contributed by atoms with E-state index in [9.17, 15) is 22.8 Å². The fourth-order valence-electron chi connectivity index (χ4n) is 3.37. The molecule has 1 unspecified atom stereocenters. The minimum absolute atomic E-state index is 0.0210. The van der Waals surface area contributed by atoms with Crippen LogP contribution in [-0.2, 0) is 4.74 Å². The first-order valence-electron chi connectivity index (χ1n) is 9.46. The van der Waals surface area contributed by atoms with Gasteiger partial charge >= 0.3 is 6.29 Å². The van der Waals surface area contributed by atoms with E-state index in [0.717, 1.165) is 6.07 Å². The summed E-state index contributed by atoms with van der Waals surface area (Å²) >= 11 is 0. The lowest BCUT2D eigenvalue weighted by Crippen LogP contribution is -2.47. The number of hydrogen-bond acceptors (Lipinski definition) is 6. The van der Waals surface area contributed by atoms with Crippen LogP contribution in [0.5, 0.6) is 17.2 Å². The average molecular weight is 437 g/mol. The van der Waals surface area contributed by atoms with Crippen LogP contribution in [-0.4, -0.2) is 55.3 Å². The summed E-state index contributed by atoms with van der Waals surface area (Å²) < 4.78 is 60.7. The number of rotatable bonds is 5. The topological polar surface area (TPSA) is 74.3 Å². The minimum Gasteiger partial charge on any atom is -0.491 e. The number of amides is 1. The highest BCUT2D eigenvalue weighted by molar-refractivity contribution is 5.98. The van der Waals surface area contributed by atoms with Crippen LogP contribution in [0.1, 0.15) is 27.6 Å². The molecular weight excluding hydrogens is 419 g/mol. The maximum Gasteiger partial charge on any atom is 0.586 e. The van der Waals surface area contributed by atoms with Crippen LogP contribution in [0.25, 0.3) is 0 Å². The lowest BCUT2D eigenvalue weighted by Gasteiger charge is -2.33. The maximum atomic E-state index is 13.9. The number of halogens is 3. The van der Waals surface area contributed by atoms with E-state index in [0.29, 0.717) is 0 Å². The Morgan fingerprint density at radius 2 is 2.00 bits per heavy atom. The third kappa shape index (κ3) is 4.43. The van der Waals surface area contributed by atoms with E-state index < -0.39 is 29.9 Å². The van der Waals surface area contributed by atoms with Crippen LogP contribution in [0.2, 0.25) is 0 Å². The first kappa shape index (κ1) is 21.0. The normalized spacial score (nSPS) is 19.2. The first-order chi connectivity index (χ1) is 14.7. The Hall–Kier alpha value is -3.27. The minimum atomic E-state index is -3.83. The van der Waals surface area contributed by atoms with E-state index in [-0.39, 0.29) is 54.7 Å². The molecule has 0 spiro atoms. The number of carbonyl (C=O) groups excluding carboxylic acids is 2. The Balaban J connectivity index is 1.41. The molecule has 2 aromatic rings. The molecule has 2 heterocycles. The molecule has 2 aromatic carbocycles. The number of nitrogens with zero attached hydrogens (tertiary/aromatic N) is 1. The number of alkyl halides is 2. The van der Waals surface area contributed by atoms with Crippen molar-refractivity contribution in [3.8, 4) is 17.2 Å². The van der Waals surface area contributed by atoms with Crippen molar-refractivity contribution in [2.24, 2.45) is 0 Å². The zero-order chi connectivity index (χ0) is 22.2. The fraction of sp³-hybridized carbons (Fsp3) is 0.333. The largest absolute Gasteiger partial charge is 0.586 e. The highest BCUT2D eigenvalue weighted by Crippen LogP contribution is 2.43. The molecule has 31 heavy (non-hydrogen) atoms. The second-order valence-electron chi connectivity index (χ2n) is 7.05. The second kappa shape index (κ2) is 8.10. The Bertz CT molecular complexity index is 1030. The van der Waals surface area contributed by atoms with E-state index in [4.69, 9.17) is 9.47 Å². The number of Topliss-reactive ketones (excluding diaryl/α,β-unsaturated/α-hetero) is 1. The molecule has 164 valence electrons. The highest BCUT2D eigenvalue weighted by Gasteiger charge is 2.45. The fourth-order valence-corrected chi connectivity index (χ4v) is 3.37. The number of morpholine rings is 1. The van der Waals surface area contributed by atoms with Gasteiger partial charge in [-0.3, -0.25) is 9.59 Å². The van der Waals surface area contributed by atoms with Gasteiger partial charge in [-0.25, -0.2) is 4.39 Å². The average Bonchev–Trinajstić information content (AvgIpc) is 3.05. The Labute approximate surface area is 175 Å². The molecule has 0 radical (unpaired) electrons. The highest BCUT2D eigenvalue weighted by atomic mass is 19.3. The van der Waals surface area contributed by atoms with Crippen LogP contribution >= 0.6 is 0 Å². The van der Waals surface area contributed by atoms with Crippen LogP contribution in [0.4, 0.5) is 13.2 Å². The van der Waals surface area contributed by atoms with E-state index in [1.165, 1.54) is 42.2 Å². The summed E-state index contributed by atoms with van der Waals surface area (Å²) in [5, 5.41) is 0. The summed E-state index contributed by atoms with van der Waals surface area (Å²) in [4.78, 5) is 25.7. The van der Waals surface area contributed by atoms with Crippen LogP contribution in [0.3, 0.4) is 0 Å². The van der Waals surface area contributed by atoms with Gasteiger partial charge in [0.05, 0.1) is 24.3 Å². The smallest absolute Gasteiger partial charge is 0.491 e. The van der Waals surface area contributed by atoms with Crippen LogP contribution in [0.15, 0.2) is 36.4 Å². The Kier molecular flexibility index (Phi) is 5.48. The molecule has 0 aromatic heterocycles. The molecule has 0 aliphatic carbocycles. The van der Waals surface area contributed by atoms with Gasteiger partial charge in [-0.2, -0.15) is 0 Å². The molecule has 1 fully saturated rings. The summed E-state index contributed by atoms with van der Waals surface area (Å²) in [5.74, 6) is -1.90. The van der Waals surface area contributed by atoms with Crippen molar-refractivity contribution in [3.05, 3.63) is 53.3 Å². The number of benzene rings is 2. The molecule has 4 rings (SSSR count). The second-order valence-corrected chi connectivity index (χ2v) is 7.05. The maximum absolute atomic E-state index is 13.9. The molecule has 0 saturated carbocycles. The molecular formula is C21H18F3NO6. The molecule has 1 atom stereocenters. The standard InChI is InChI=1S/C21H18F3NO6/c1-12(26)15-6-5-13(9-17(15)22)29-11-14-10-25(7-8-28-14)20(27)16-3-2-4-18-19(16)31-21(23,24)30-18/h2-6,9,14H,7-8,10-11H2,1H3. The van der Waals surface area contributed by atoms with Gasteiger partial charge in [-0.15, -0.1) is 8.78 Å². The van der Waals surface area contributed by atoms with E-state index >= 15 is 0 Å². The van der Waals surface area contributed by atoms with E-state index in [1.54, 1.807) is 0 Å². The van der Waals surface area contributed by atoms with Gasteiger partial charge in [-0.05, 0) is 31.2 Å². The third-order valence-corrected chi connectivity index (χ3v) is 4.84. The number of ketones is 1. The number of ether oxygens (including phenoxy) is 4. The van der Waals surface area contributed by atoms with Crippen molar-refractivity contribution < 1.29 is 41.7 Å². The number of hydrogen-bond donors (Lipinski definition) is 0. The number of fused-ring (bicyclic) bond motifs is 1. The van der Waals surface area contributed by atoms with E-state index in [1.807, 2.05) is 0 Å². The van der Waals surface area contributed by atoms with Crippen molar-refractivity contribution in [1.82, 2.24) is 4.90 Å². The van der Waals surface area contributed by atoms with Gasteiger partial charge in [0.15, 0.2) is 17.3 Å². The zero-order valence-corrected chi connectivity index (χ0v) is 16.4. The number of para-hydroxylation sites is 1. The summed E-state index contributed by atoms with van der Waals surface area (Å²) in [6, 6.07) is 8.00. The van der Waals surface area contributed by atoms with Crippen molar-refractivity contribution in [2.75, 3.05) is 26.3 Å². The predicted octanol–water partition coefficient (Wildman–Crippen LogP) is 3.27. The lowest BCUT2D eigenvalue weighted by atomic mass is 10.1. The van der Waals surface area contributed by atoms with Gasteiger partial charge in [0.2, 0.25) is 0 Å². The lowest BCUT2D eigenvalue weighted by molar-refractivity contribution is -0.286. The molecule has 1 saturated heterocycles. The Morgan fingerprint density at radius 3 is 2.74 bits per heavy atom.